The second-order valence-corrected chi connectivity index (χ2v) is 4.05. The molecule has 1 rings (SSSR count). The molecular formula is C9H19NO2. The summed E-state index contributed by atoms with van der Waals surface area (Å²) in [7, 11) is 0. The van der Waals surface area contributed by atoms with Gasteiger partial charge in [0.2, 0.25) is 0 Å². The molecule has 1 fully saturated rings. The molecule has 0 aromatic carbocycles. The van der Waals surface area contributed by atoms with Crippen LogP contribution in [0.5, 0.6) is 0 Å². The number of rotatable bonds is 4. The van der Waals surface area contributed by atoms with E-state index in [4.69, 9.17) is 4.74 Å². The van der Waals surface area contributed by atoms with Crippen molar-refractivity contribution in [2.24, 2.45) is 5.92 Å². The van der Waals surface area contributed by atoms with E-state index in [1.165, 1.54) is 0 Å². The van der Waals surface area contributed by atoms with Gasteiger partial charge in [0.15, 0.2) is 0 Å². The fourth-order valence-corrected chi connectivity index (χ4v) is 1.33. The van der Waals surface area contributed by atoms with Gasteiger partial charge in [-0.2, -0.15) is 0 Å². The Bertz CT molecular complexity index is 130. The highest BCUT2D eigenvalue weighted by Crippen LogP contribution is 2.16. The lowest BCUT2D eigenvalue weighted by Crippen LogP contribution is -2.42. The largest absolute Gasteiger partial charge is 0.386 e. The van der Waals surface area contributed by atoms with Gasteiger partial charge >= 0.3 is 0 Å². The van der Waals surface area contributed by atoms with E-state index in [9.17, 15) is 5.11 Å². The van der Waals surface area contributed by atoms with E-state index < -0.39 is 5.60 Å². The summed E-state index contributed by atoms with van der Waals surface area (Å²) in [6, 6.07) is 0. The van der Waals surface area contributed by atoms with Gasteiger partial charge < -0.3 is 15.2 Å². The molecule has 2 N–H and O–H groups in total. The summed E-state index contributed by atoms with van der Waals surface area (Å²) in [6.45, 7) is 7.11. The van der Waals surface area contributed by atoms with E-state index in [2.05, 4.69) is 19.2 Å². The maximum Gasteiger partial charge on any atom is 0.102 e. The van der Waals surface area contributed by atoms with Crippen LogP contribution in [-0.4, -0.2) is 37.0 Å². The summed E-state index contributed by atoms with van der Waals surface area (Å²) < 4.78 is 5.13. The fraction of sp³-hybridized carbons (Fsp3) is 1.00. The molecule has 1 atom stereocenters. The first-order chi connectivity index (χ1) is 5.62. The lowest BCUT2D eigenvalue weighted by molar-refractivity contribution is 0.0267. The Morgan fingerprint density at radius 3 is 2.83 bits per heavy atom. The van der Waals surface area contributed by atoms with Crippen molar-refractivity contribution in [3.05, 3.63) is 0 Å². The predicted molar refractivity (Wildman–Crippen MR) is 48.1 cm³/mol. The summed E-state index contributed by atoms with van der Waals surface area (Å²) in [6.07, 6.45) is 0.762. The molecule has 0 aliphatic carbocycles. The molecule has 12 heavy (non-hydrogen) atoms. The zero-order valence-corrected chi connectivity index (χ0v) is 7.97. The number of hydrogen-bond acceptors (Lipinski definition) is 3. The predicted octanol–water partition coefficient (Wildman–Crippen LogP) is 0.383. The minimum atomic E-state index is -0.602. The first-order valence-electron chi connectivity index (χ1n) is 4.63. The zero-order valence-electron chi connectivity index (χ0n) is 7.97. The number of hydrogen-bond donors (Lipinski definition) is 2. The van der Waals surface area contributed by atoms with Crippen LogP contribution in [0.1, 0.15) is 20.3 Å². The van der Waals surface area contributed by atoms with E-state index in [0.29, 0.717) is 25.7 Å². The van der Waals surface area contributed by atoms with Gasteiger partial charge in [0.1, 0.15) is 5.60 Å². The average molecular weight is 173 g/mol. The van der Waals surface area contributed by atoms with Crippen molar-refractivity contribution in [3.63, 3.8) is 0 Å². The monoisotopic (exact) mass is 173 g/mol. The number of ether oxygens (including phenoxy) is 1. The van der Waals surface area contributed by atoms with E-state index in [-0.39, 0.29) is 0 Å². The smallest absolute Gasteiger partial charge is 0.102 e. The third kappa shape index (κ3) is 3.09. The van der Waals surface area contributed by atoms with E-state index >= 15 is 0 Å². The molecule has 3 heteroatoms. The number of nitrogens with one attached hydrogen (secondary N) is 1. The highest BCUT2D eigenvalue weighted by Gasteiger charge is 2.31. The van der Waals surface area contributed by atoms with Gasteiger partial charge in [-0.15, -0.1) is 0 Å². The van der Waals surface area contributed by atoms with Crippen LogP contribution in [-0.2, 0) is 4.74 Å². The Morgan fingerprint density at radius 1 is 1.58 bits per heavy atom. The van der Waals surface area contributed by atoms with Gasteiger partial charge in [-0.3, -0.25) is 0 Å². The SMILES string of the molecule is CC(C)CNCC1(O)CCOC1. The van der Waals surface area contributed by atoms with E-state index in [1.54, 1.807) is 0 Å². The molecular weight excluding hydrogens is 154 g/mol. The molecule has 72 valence electrons. The molecule has 0 amide bonds. The minimum absolute atomic E-state index is 0.484. The third-order valence-corrected chi connectivity index (χ3v) is 2.09. The molecule has 1 saturated heterocycles. The molecule has 0 bridgehead atoms. The third-order valence-electron chi connectivity index (χ3n) is 2.09. The van der Waals surface area contributed by atoms with Crippen molar-refractivity contribution < 1.29 is 9.84 Å². The van der Waals surface area contributed by atoms with Gasteiger partial charge in [-0.25, -0.2) is 0 Å². The maximum absolute atomic E-state index is 9.82. The van der Waals surface area contributed by atoms with Crippen molar-refractivity contribution in [2.75, 3.05) is 26.3 Å². The Morgan fingerprint density at radius 2 is 2.33 bits per heavy atom. The molecule has 0 aromatic rings. The first-order valence-corrected chi connectivity index (χ1v) is 4.63. The van der Waals surface area contributed by atoms with E-state index in [0.717, 1.165) is 13.0 Å². The molecule has 0 saturated carbocycles. The van der Waals surface area contributed by atoms with Crippen molar-refractivity contribution >= 4 is 0 Å². The van der Waals surface area contributed by atoms with Crippen LogP contribution in [0.3, 0.4) is 0 Å². The summed E-state index contributed by atoms with van der Waals surface area (Å²) in [5.41, 5.74) is -0.602. The van der Waals surface area contributed by atoms with Gasteiger partial charge in [-0.05, 0) is 12.5 Å². The van der Waals surface area contributed by atoms with Crippen molar-refractivity contribution in [1.82, 2.24) is 5.32 Å². The van der Waals surface area contributed by atoms with Crippen molar-refractivity contribution in [3.8, 4) is 0 Å². The first kappa shape index (κ1) is 9.96. The summed E-state index contributed by atoms with van der Waals surface area (Å²) in [5, 5.41) is 13.1. The normalized spacial score (nSPS) is 30.0. The second-order valence-electron chi connectivity index (χ2n) is 4.05. The molecule has 1 aliphatic rings. The van der Waals surface area contributed by atoms with Gasteiger partial charge in [0, 0.05) is 19.6 Å². The van der Waals surface area contributed by atoms with Gasteiger partial charge in [0.05, 0.1) is 6.61 Å². The fourth-order valence-electron chi connectivity index (χ4n) is 1.33. The number of aliphatic hydroxyl groups is 1. The van der Waals surface area contributed by atoms with Crippen LogP contribution in [0.4, 0.5) is 0 Å². The second kappa shape index (κ2) is 4.21. The lowest BCUT2D eigenvalue weighted by Gasteiger charge is -2.21. The van der Waals surface area contributed by atoms with Crippen LogP contribution in [0.2, 0.25) is 0 Å². The molecule has 0 radical (unpaired) electrons. The highest BCUT2D eigenvalue weighted by atomic mass is 16.5. The van der Waals surface area contributed by atoms with Crippen LogP contribution in [0, 0.1) is 5.92 Å². The zero-order chi connectivity index (χ0) is 9.03. The molecule has 0 aromatic heterocycles. The minimum Gasteiger partial charge on any atom is -0.386 e. The standard InChI is InChI=1S/C9H19NO2/c1-8(2)5-10-6-9(11)3-4-12-7-9/h8,10-11H,3-7H2,1-2H3. The summed E-state index contributed by atoms with van der Waals surface area (Å²) >= 11 is 0. The Balaban J connectivity index is 2.13. The molecule has 1 heterocycles. The average Bonchev–Trinajstić information content (AvgIpc) is 2.35. The Hall–Kier alpha value is -0.120. The van der Waals surface area contributed by atoms with Crippen LogP contribution in [0.25, 0.3) is 0 Å². The molecule has 3 nitrogen and oxygen atoms in total. The topological polar surface area (TPSA) is 41.5 Å². The summed E-state index contributed by atoms with van der Waals surface area (Å²) in [4.78, 5) is 0. The molecule has 1 unspecified atom stereocenters. The van der Waals surface area contributed by atoms with Crippen molar-refractivity contribution in [1.29, 1.82) is 0 Å². The quantitative estimate of drug-likeness (QED) is 0.646. The lowest BCUT2D eigenvalue weighted by atomic mass is 10.0. The van der Waals surface area contributed by atoms with Crippen LogP contribution < -0.4 is 5.32 Å². The Kier molecular flexibility index (Phi) is 3.50. The molecule has 1 aliphatic heterocycles. The maximum atomic E-state index is 9.82. The van der Waals surface area contributed by atoms with Gasteiger partial charge in [-0.1, -0.05) is 13.8 Å². The van der Waals surface area contributed by atoms with Gasteiger partial charge in [0.25, 0.3) is 0 Å². The van der Waals surface area contributed by atoms with E-state index in [1.807, 2.05) is 0 Å². The highest BCUT2D eigenvalue weighted by molar-refractivity contribution is 4.84. The Labute approximate surface area is 74.1 Å². The van der Waals surface area contributed by atoms with Crippen LogP contribution in [0.15, 0.2) is 0 Å². The molecule has 0 spiro atoms. The van der Waals surface area contributed by atoms with Crippen LogP contribution >= 0.6 is 0 Å². The summed E-state index contributed by atoms with van der Waals surface area (Å²) in [5.74, 6) is 0.635. The van der Waals surface area contributed by atoms with Crippen molar-refractivity contribution in [2.45, 2.75) is 25.9 Å².